The number of nitrogens with one attached hydrogen (secondary N) is 2. The van der Waals surface area contributed by atoms with Gasteiger partial charge in [-0.25, -0.2) is 4.98 Å². The number of carbonyl (C=O) groups excluding carboxylic acids is 3. The van der Waals surface area contributed by atoms with E-state index in [4.69, 9.17) is 11.2 Å². The fraction of sp³-hybridized carbons (Fsp3) is 0.481. The monoisotopic (exact) mass is 526 g/mol. The second-order valence-electron chi connectivity index (χ2n) is 10.1. The molecule has 3 atom stereocenters. The molecule has 37 heavy (non-hydrogen) atoms. The number of β-amino-alcohol motifs (C(OH)–C–C–N with tert-alkyl or cyclic N) is 1. The number of hydrogen-bond acceptors (Lipinski definition) is 7. The number of amides is 3. The zero-order valence-electron chi connectivity index (χ0n) is 21.6. The number of thiazole rings is 1. The maximum atomic E-state index is 13.5. The molecule has 2 aromatic rings. The average Bonchev–Trinajstić information content (AvgIpc) is 3.46. The quantitative estimate of drug-likeness (QED) is 0.339. The van der Waals surface area contributed by atoms with E-state index in [9.17, 15) is 19.5 Å². The van der Waals surface area contributed by atoms with Gasteiger partial charge >= 0.3 is 0 Å². The molecule has 3 unspecified atom stereocenters. The first-order chi connectivity index (χ1) is 17.5. The van der Waals surface area contributed by atoms with Gasteiger partial charge in [-0.3, -0.25) is 14.4 Å². The van der Waals surface area contributed by atoms with Crippen LogP contribution < -0.4 is 10.6 Å². The number of aryl methyl sites for hydroxylation is 1. The number of aliphatic hydroxyl groups is 1. The van der Waals surface area contributed by atoms with Gasteiger partial charge in [-0.15, -0.1) is 17.8 Å². The van der Waals surface area contributed by atoms with Crippen molar-refractivity contribution in [2.75, 3.05) is 19.8 Å². The summed E-state index contributed by atoms with van der Waals surface area (Å²) in [6, 6.07) is 6.09. The number of ether oxygens (including phenoxy) is 1. The van der Waals surface area contributed by atoms with Crippen molar-refractivity contribution in [3.8, 4) is 22.8 Å². The average molecular weight is 527 g/mol. The Balaban J connectivity index is 1.65. The smallest absolute Gasteiger partial charge is 0.246 e. The molecule has 198 valence electrons. The van der Waals surface area contributed by atoms with Crippen LogP contribution in [-0.4, -0.2) is 70.7 Å². The van der Waals surface area contributed by atoms with Crippen molar-refractivity contribution in [3.05, 3.63) is 41.0 Å². The number of aliphatic hydroxyl groups excluding tert-OH is 1. The summed E-state index contributed by atoms with van der Waals surface area (Å²) < 4.78 is 5.07. The SMILES string of the molecule is C#CCOCC(=O)NC(C(=O)N1CC(O)CC1C(=O)NCc1ccc(-c2scnc2C)cc1)C(C)(C)C. The minimum Gasteiger partial charge on any atom is -0.391 e. The Kier molecular flexibility index (Phi) is 9.43. The molecule has 0 radical (unpaired) electrons. The molecule has 1 saturated heterocycles. The van der Waals surface area contributed by atoms with Crippen molar-refractivity contribution in [2.45, 2.75) is 58.8 Å². The fourth-order valence-electron chi connectivity index (χ4n) is 4.19. The Labute approximate surface area is 221 Å². The number of benzene rings is 1. The van der Waals surface area contributed by atoms with Crippen LogP contribution in [-0.2, 0) is 25.7 Å². The number of nitrogens with zero attached hydrogens (tertiary/aromatic N) is 2. The van der Waals surface area contributed by atoms with Crippen LogP contribution in [0.25, 0.3) is 10.4 Å². The van der Waals surface area contributed by atoms with Crippen LogP contribution in [0.5, 0.6) is 0 Å². The number of hydrogen-bond donors (Lipinski definition) is 3. The number of rotatable bonds is 9. The van der Waals surface area contributed by atoms with E-state index in [1.807, 2.05) is 57.5 Å². The first-order valence-electron chi connectivity index (χ1n) is 12.1. The van der Waals surface area contributed by atoms with Crippen LogP contribution >= 0.6 is 11.3 Å². The Morgan fingerprint density at radius 3 is 2.59 bits per heavy atom. The standard InChI is InChI=1S/C27H34N4O5S/c1-6-11-36-15-22(33)30-24(27(3,4)5)26(35)31-14-20(32)12-21(31)25(34)28-13-18-7-9-19(10-8-18)23-17(2)29-16-37-23/h1,7-10,16,20-21,24,32H,11-15H2,2-5H3,(H,28,34)(H,30,33). The lowest BCUT2D eigenvalue weighted by Crippen LogP contribution is -2.58. The molecule has 9 nitrogen and oxygen atoms in total. The van der Waals surface area contributed by atoms with E-state index >= 15 is 0 Å². The van der Waals surface area contributed by atoms with Crippen molar-refractivity contribution >= 4 is 29.1 Å². The topological polar surface area (TPSA) is 121 Å². The van der Waals surface area contributed by atoms with Gasteiger partial charge in [0.25, 0.3) is 0 Å². The Morgan fingerprint density at radius 1 is 1.30 bits per heavy atom. The van der Waals surface area contributed by atoms with Crippen molar-refractivity contribution < 1.29 is 24.2 Å². The van der Waals surface area contributed by atoms with Crippen LogP contribution in [0.1, 0.15) is 38.4 Å². The number of aromatic nitrogens is 1. The van der Waals surface area contributed by atoms with Gasteiger partial charge in [-0.05, 0) is 23.5 Å². The van der Waals surface area contributed by atoms with E-state index in [0.717, 1.165) is 21.7 Å². The van der Waals surface area contributed by atoms with E-state index in [1.54, 1.807) is 11.3 Å². The maximum Gasteiger partial charge on any atom is 0.246 e. The molecule has 3 rings (SSSR count). The summed E-state index contributed by atoms with van der Waals surface area (Å²) in [5, 5.41) is 15.9. The highest BCUT2D eigenvalue weighted by Gasteiger charge is 2.44. The molecule has 1 aliphatic heterocycles. The highest BCUT2D eigenvalue weighted by atomic mass is 32.1. The molecule has 1 fully saturated rings. The van der Waals surface area contributed by atoms with Crippen molar-refractivity contribution in [2.24, 2.45) is 5.41 Å². The molecule has 3 N–H and O–H groups in total. The molecular formula is C27H34N4O5S. The van der Waals surface area contributed by atoms with Crippen molar-refractivity contribution in [3.63, 3.8) is 0 Å². The van der Waals surface area contributed by atoms with Gasteiger partial charge < -0.3 is 25.4 Å². The van der Waals surface area contributed by atoms with Crippen molar-refractivity contribution in [1.82, 2.24) is 20.5 Å². The normalized spacial score (nSPS) is 18.2. The Bertz CT molecular complexity index is 1150. The van der Waals surface area contributed by atoms with Gasteiger partial charge in [0.2, 0.25) is 17.7 Å². The van der Waals surface area contributed by atoms with Crippen LogP contribution in [0.2, 0.25) is 0 Å². The summed E-state index contributed by atoms with van der Waals surface area (Å²) in [7, 11) is 0. The van der Waals surface area contributed by atoms with Gasteiger partial charge in [-0.1, -0.05) is 51.0 Å². The maximum absolute atomic E-state index is 13.5. The number of terminal acetylenes is 1. The van der Waals surface area contributed by atoms with E-state index < -0.39 is 35.4 Å². The molecule has 1 aliphatic rings. The molecule has 0 spiro atoms. The zero-order valence-corrected chi connectivity index (χ0v) is 22.4. The Morgan fingerprint density at radius 2 is 2.00 bits per heavy atom. The molecule has 1 aromatic heterocycles. The first kappa shape index (κ1) is 28.3. The van der Waals surface area contributed by atoms with E-state index in [0.29, 0.717) is 0 Å². The summed E-state index contributed by atoms with van der Waals surface area (Å²) in [6.07, 6.45) is 4.42. The minimum atomic E-state index is -0.919. The largest absolute Gasteiger partial charge is 0.391 e. The first-order valence-corrected chi connectivity index (χ1v) is 13.0. The molecule has 0 saturated carbocycles. The lowest BCUT2D eigenvalue weighted by atomic mass is 9.85. The summed E-state index contributed by atoms with van der Waals surface area (Å²) in [4.78, 5) is 45.7. The van der Waals surface area contributed by atoms with E-state index in [1.165, 1.54) is 4.90 Å². The van der Waals surface area contributed by atoms with E-state index in [-0.39, 0.29) is 38.6 Å². The van der Waals surface area contributed by atoms with Gasteiger partial charge in [0.05, 0.1) is 22.2 Å². The molecule has 0 bridgehead atoms. The van der Waals surface area contributed by atoms with Crippen molar-refractivity contribution in [1.29, 1.82) is 0 Å². The predicted molar refractivity (Wildman–Crippen MR) is 141 cm³/mol. The molecular weight excluding hydrogens is 492 g/mol. The lowest BCUT2D eigenvalue weighted by molar-refractivity contribution is -0.144. The molecule has 1 aromatic carbocycles. The zero-order chi connectivity index (χ0) is 27.2. The summed E-state index contributed by atoms with van der Waals surface area (Å²) >= 11 is 1.58. The number of likely N-dealkylation sites (tertiary alicyclic amines) is 1. The molecule has 2 heterocycles. The Hall–Kier alpha value is -3.26. The van der Waals surface area contributed by atoms with Crippen LogP contribution in [0.15, 0.2) is 29.8 Å². The third kappa shape index (κ3) is 7.38. The number of carbonyl (C=O) groups is 3. The van der Waals surface area contributed by atoms with Crippen LogP contribution in [0.3, 0.4) is 0 Å². The fourth-order valence-corrected chi connectivity index (χ4v) is 5.00. The predicted octanol–water partition coefficient (Wildman–Crippen LogP) is 1.88. The van der Waals surface area contributed by atoms with Gasteiger partial charge in [0, 0.05) is 19.5 Å². The molecule has 3 amide bonds. The minimum absolute atomic E-state index is 0.00978. The second kappa shape index (κ2) is 12.3. The second-order valence-corrected chi connectivity index (χ2v) is 11.0. The summed E-state index contributed by atoms with van der Waals surface area (Å²) in [5.41, 5.74) is 4.10. The van der Waals surface area contributed by atoms with Gasteiger partial charge in [0.1, 0.15) is 25.3 Å². The summed E-state index contributed by atoms with van der Waals surface area (Å²) in [6.45, 7) is 7.40. The molecule has 10 heteroatoms. The molecule has 0 aliphatic carbocycles. The van der Waals surface area contributed by atoms with Gasteiger partial charge in [-0.2, -0.15) is 0 Å². The highest BCUT2D eigenvalue weighted by Crippen LogP contribution is 2.28. The third-order valence-electron chi connectivity index (χ3n) is 6.13. The highest BCUT2D eigenvalue weighted by molar-refractivity contribution is 7.13. The summed E-state index contributed by atoms with van der Waals surface area (Å²) in [5.74, 6) is 1.01. The van der Waals surface area contributed by atoms with Crippen LogP contribution in [0.4, 0.5) is 0 Å². The third-order valence-corrected chi connectivity index (χ3v) is 7.11. The van der Waals surface area contributed by atoms with E-state index in [2.05, 4.69) is 21.5 Å². The van der Waals surface area contributed by atoms with Gasteiger partial charge in [0.15, 0.2) is 0 Å². The lowest BCUT2D eigenvalue weighted by Gasteiger charge is -2.35. The van der Waals surface area contributed by atoms with Crippen LogP contribution in [0, 0.1) is 24.7 Å².